The molecule has 2 aromatic heterocycles. The minimum absolute atomic E-state index is 0.0113. The topological polar surface area (TPSA) is 127 Å². The third kappa shape index (κ3) is 6.61. The summed E-state index contributed by atoms with van der Waals surface area (Å²) in [6.45, 7) is 3.52. The van der Waals surface area contributed by atoms with Crippen molar-refractivity contribution in [3.05, 3.63) is 95.7 Å². The van der Waals surface area contributed by atoms with Crippen LogP contribution >= 0.6 is 11.8 Å². The van der Waals surface area contributed by atoms with Gasteiger partial charge in [-0.15, -0.1) is 11.8 Å². The van der Waals surface area contributed by atoms with E-state index < -0.39 is 10.0 Å². The number of anilines is 2. The Morgan fingerprint density at radius 1 is 0.971 bits per heavy atom. The number of hydrogen-bond acceptors (Lipinski definition) is 8. The number of sulfonamides is 1. The molecule has 0 aliphatic rings. The average molecular weight is 507 g/mol. The lowest BCUT2D eigenvalue weighted by Gasteiger charge is -2.10. The van der Waals surface area contributed by atoms with Crippen molar-refractivity contribution in [2.75, 3.05) is 10.0 Å². The summed E-state index contributed by atoms with van der Waals surface area (Å²) in [6.07, 6.45) is 4.94. The fraction of sp³-hybridized carbons (Fsp3) is 0.125. The quantitative estimate of drug-likeness (QED) is 0.340. The molecule has 178 valence electrons. The number of aromatic nitrogens is 4. The molecule has 2 aromatic carbocycles. The first kappa shape index (κ1) is 24.3. The Morgan fingerprint density at radius 3 is 2.40 bits per heavy atom. The number of carbonyl (C=O) groups excluding carboxylic acids is 1. The number of hydrogen-bond donors (Lipinski definition) is 2. The molecule has 0 unspecified atom stereocenters. The number of thioether (sulfide) groups is 1. The van der Waals surface area contributed by atoms with Crippen molar-refractivity contribution in [1.82, 2.24) is 19.9 Å². The number of rotatable bonds is 8. The minimum Gasteiger partial charge on any atom is -0.322 e. The molecule has 11 heteroatoms. The lowest BCUT2D eigenvalue weighted by Crippen LogP contribution is -2.16. The van der Waals surface area contributed by atoms with Crippen molar-refractivity contribution in [2.45, 2.75) is 29.5 Å². The Hall–Kier alpha value is -3.83. The predicted octanol–water partition coefficient (Wildman–Crippen LogP) is 4.23. The molecule has 1 amide bonds. The first-order valence-electron chi connectivity index (χ1n) is 10.5. The molecular weight excluding hydrogens is 484 g/mol. The zero-order valence-electron chi connectivity index (χ0n) is 19.0. The summed E-state index contributed by atoms with van der Waals surface area (Å²) in [5.41, 5.74) is 3.24. The summed E-state index contributed by atoms with van der Waals surface area (Å²) in [7, 11) is -3.88. The van der Waals surface area contributed by atoms with Crippen LogP contribution in [0.2, 0.25) is 0 Å². The Kier molecular flexibility index (Phi) is 7.37. The van der Waals surface area contributed by atoms with Crippen LogP contribution in [-0.4, -0.2) is 34.3 Å². The molecule has 0 bridgehead atoms. The van der Waals surface area contributed by atoms with E-state index in [1.807, 2.05) is 18.2 Å². The summed E-state index contributed by atoms with van der Waals surface area (Å²) in [4.78, 5) is 29.3. The summed E-state index contributed by atoms with van der Waals surface area (Å²) in [5, 5.41) is 3.60. The number of carbonyl (C=O) groups is 1. The average Bonchev–Trinajstić information content (AvgIpc) is 2.83. The molecule has 0 atom stereocenters. The van der Waals surface area contributed by atoms with Gasteiger partial charge in [-0.3, -0.25) is 9.78 Å². The molecule has 0 radical (unpaired) electrons. The van der Waals surface area contributed by atoms with Gasteiger partial charge in [0.25, 0.3) is 15.9 Å². The van der Waals surface area contributed by atoms with E-state index in [2.05, 4.69) is 30.0 Å². The van der Waals surface area contributed by atoms with Gasteiger partial charge in [0.2, 0.25) is 5.95 Å². The van der Waals surface area contributed by atoms with Crippen LogP contribution in [0.15, 0.2) is 83.1 Å². The Morgan fingerprint density at radius 2 is 1.71 bits per heavy atom. The fourth-order valence-corrected chi connectivity index (χ4v) is 4.90. The monoisotopic (exact) mass is 506 g/mol. The van der Waals surface area contributed by atoms with Crippen LogP contribution in [0, 0.1) is 13.8 Å². The smallest absolute Gasteiger partial charge is 0.264 e. The van der Waals surface area contributed by atoms with E-state index in [0.717, 1.165) is 10.6 Å². The highest BCUT2D eigenvalue weighted by Gasteiger charge is 2.16. The van der Waals surface area contributed by atoms with Crippen LogP contribution in [-0.2, 0) is 15.8 Å². The summed E-state index contributed by atoms with van der Waals surface area (Å²) < 4.78 is 27.8. The van der Waals surface area contributed by atoms with Gasteiger partial charge in [0.1, 0.15) is 5.03 Å². The van der Waals surface area contributed by atoms with Crippen LogP contribution in [0.4, 0.5) is 11.6 Å². The maximum atomic E-state index is 12.7. The van der Waals surface area contributed by atoms with Crippen LogP contribution in [0.1, 0.15) is 27.3 Å². The van der Waals surface area contributed by atoms with Crippen molar-refractivity contribution in [3.63, 3.8) is 0 Å². The largest absolute Gasteiger partial charge is 0.322 e. The highest BCUT2D eigenvalue weighted by molar-refractivity contribution is 7.98. The number of nitrogens with zero attached hydrogens (tertiary/aromatic N) is 4. The molecule has 35 heavy (non-hydrogen) atoms. The molecule has 0 aliphatic heterocycles. The van der Waals surface area contributed by atoms with E-state index in [1.165, 1.54) is 36.0 Å². The van der Waals surface area contributed by atoms with Gasteiger partial charge in [-0.05, 0) is 61.9 Å². The van der Waals surface area contributed by atoms with Crippen molar-refractivity contribution >= 4 is 39.3 Å². The highest BCUT2D eigenvalue weighted by Crippen LogP contribution is 2.21. The normalized spacial score (nSPS) is 11.1. The van der Waals surface area contributed by atoms with Crippen molar-refractivity contribution in [3.8, 4) is 0 Å². The maximum absolute atomic E-state index is 12.7. The van der Waals surface area contributed by atoms with E-state index in [-0.39, 0.29) is 16.8 Å². The second-order valence-corrected chi connectivity index (χ2v) is 10.3. The standard InChI is InChI=1S/C24H22N6O3S2/c1-16-12-17(2)28-24(27-16)30-35(32,33)21-8-6-20(7-9-21)29-23(31)19-5-3-4-18(13-19)15-34-22-14-25-10-11-26-22/h3-14H,15H2,1-2H3,(H,29,31)(H,27,28,30). The third-order valence-corrected chi connectivity index (χ3v) is 7.07. The zero-order valence-corrected chi connectivity index (χ0v) is 20.6. The molecule has 4 aromatic rings. The lowest BCUT2D eigenvalue weighted by atomic mass is 10.1. The maximum Gasteiger partial charge on any atom is 0.264 e. The highest BCUT2D eigenvalue weighted by atomic mass is 32.2. The first-order chi connectivity index (χ1) is 16.8. The molecule has 2 N–H and O–H groups in total. The van der Waals surface area contributed by atoms with Crippen LogP contribution in [0.5, 0.6) is 0 Å². The van der Waals surface area contributed by atoms with Gasteiger partial charge < -0.3 is 5.32 Å². The lowest BCUT2D eigenvalue weighted by molar-refractivity contribution is 0.102. The van der Waals surface area contributed by atoms with Gasteiger partial charge >= 0.3 is 0 Å². The van der Waals surface area contributed by atoms with E-state index in [1.54, 1.807) is 44.6 Å². The van der Waals surface area contributed by atoms with Crippen molar-refractivity contribution < 1.29 is 13.2 Å². The van der Waals surface area contributed by atoms with Crippen molar-refractivity contribution in [1.29, 1.82) is 0 Å². The fourth-order valence-electron chi connectivity index (χ4n) is 3.19. The van der Waals surface area contributed by atoms with Gasteiger partial charge in [-0.25, -0.2) is 28.1 Å². The zero-order chi connectivity index (χ0) is 24.8. The number of aryl methyl sites for hydroxylation is 2. The summed E-state index contributed by atoms with van der Waals surface area (Å²) in [5.74, 6) is 0.356. The molecule has 0 saturated heterocycles. The van der Waals surface area contributed by atoms with E-state index in [4.69, 9.17) is 0 Å². The molecular formula is C24H22N6O3S2. The van der Waals surface area contributed by atoms with Crippen LogP contribution < -0.4 is 10.0 Å². The van der Waals surface area contributed by atoms with E-state index >= 15 is 0 Å². The first-order valence-corrected chi connectivity index (χ1v) is 13.0. The van der Waals surface area contributed by atoms with Gasteiger partial charge in [0, 0.05) is 40.8 Å². The number of amides is 1. The van der Waals surface area contributed by atoms with Gasteiger partial charge in [-0.1, -0.05) is 12.1 Å². The Labute approximate surface area is 207 Å². The number of nitrogens with one attached hydrogen (secondary N) is 2. The minimum atomic E-state index is -3.88. The predicted molar refractivity (Wildman–Crippen MR) is 135 cm³/mol. The van der Waals surface area contributed by atoms with Gasteiger partial charge in [0.15, 0.2) is 0 Å². The molecule has 0 spiro atoms. The molecule has 0 saturated carbocycles. The molecule has 0 fully saturated rings. The second-order valence-electron chi connectivity index (χ2n) is 7.59. The van der Waals surface area contributed by atoms with Crippen molar-refractivity contribution in [2.24, 2.45) is 0 Å². The molecule has 9 nitrogen and oxygen atoms in total. The van der Waals surface area contributed by atoms with Gasteiger partial charge in [-0.2, -0.15) is 0 Å². The van der Waals surface area contributed by atoms with Crippen LogP contribution in [0.3, 0.4) is 0 Å². The van der Waals surface area contributed by atoms with Crippen LogP contribution in [0.25, 0.3) is 0 Å². The third-order valence-electron chi connectivity index (χ3n) is 4.75. The second kappa shape index (κ2) is 10.6. The summed E-state index contributed by atoms with van der Waals surface area (Å²) in [6, 6.07) is 14.9. The molecule has 0 aliphatic carbocycles. The summed E-state index contributed by atoms with van der Waals surface area (Å²) >= 11 is 1.53. The van der Waals surface area contributed by atoms with E-state index in [0.29, 0.717) is 28.4 Å². The molecule has 2 heterocycles. The Bertz CT molecular complexity index is 1430. The number of benzene rings is 2. The van der Waals surface area contributed by atoms with Gasteiger partial charge in [0.05, 0.1) is 11.1 Å². The molecule has 4 rings (SSSR count). The van der Waals surface area contributed by atoms with E-state index in [9.17, 15) is 13.2 Å². The SMILES string of the molecule is Cc1cc(C)nc(NS(=O)(=O)c2ccc(NC(=O)c3cccc(CSc4cnccn4)c3)cc2)n1. The Balaban J connectivity index is 1.40.